The van der Waals surface area contributed by atoms with Crippen molar-refractivity contribution < 1.29 is 14.3 Å². The second-order valence-corrected chi connectivity index (χ2v) is 17.5. The Morgan fingerprint density at radius 1 is 0.884 bits per heavy atom. The molecule has 0 aromatic heterocycles. The van der Waals surface area contributed by atoms with Crippen LogP contribution in [0.1, 0.15) is 129 Å². The molecule has 0 bridgehead atoms. The van der Waals surface area contributed by atoms with Gasteiger partial charge in [0.25, 0.3) is 0 Å². The molecule has 1 aromatic rings. The quantitative estimate of drug-likeness (QED) is 0.201. The summed E-state index contributed by atoms with van der Waals surface area (Å²) >= 11 is 0. The standard InChI is InChI=1S/C40H56O3/c1-25(2)28-18-21-40(24-41)23-22-39(9)33(34(28)40)17-16-32-29-14-15-30(37(6,7)31(29)19-20-38(32,39)8)26-10-12-27(13-11-26)35(42)43-36(3,4)5/h10-13,15,24,28-29,31-34H,1,14,16-23H2,2-9H3. The second-order valence-electron chi connectivity index (χ2n) is 17.5. The van der Waals surface area contributed by atoms with E-state index in [1.807, 2.05) is 32.9 Å². The minimum Gasteiger partial charge on any atom is -0.456 e. The summed E-state index contributed by atoms with van der Waals surface area (Å²) in [7, 11) is 0. The van der Waals surface area contributed by atoms with E-state index in [0.29, 0.717) is 40.6 Å². The van der Waals surface area contributed by atoms with Gasteiger partial charge in [-0.2, -0.15) is 0 Å². The molecule has 1 aromatic carbocycles. The summed E-state index contributed by atoms with van der Waals surface area (Å²) < 4.78 is 5.60. The van der Waals surface area contributed by atoms with E-state index in [2.05, 4.69) is 59.4 Å². The largest absolute Gasteiger partial charge is 0.456 e. The van der Waals surface area contributed by atoms with Gasteiger partial charge < -0.3 is 9.53 Å². The number of aldehydes is 1. The van der Waals surface area contributed by atoms with Crippen molar-refractivity contribution in [2.24, 2.45) is 57.2 Å². The number of benzene rings is 1. The third-order valence-corrected chi connectivity index (χ3v) is 14.2. The van der Waals surface area contributed by atoms with Gasteiger partial charge in [-0.15, -0.1) is 0 Å². The minimum atomic E-state index is -0.497. The average molecular weight is 585 g/mol. The molecule has 0 heterocycles. The number of hydrogen-bond acceptors (Lipinski definition) is 3. The average Bonchev–Trinajstić information content (AvgIpc) is 3.33. The van der Waals surface area contributed by atoms with E-state index in [1.165, 1.54) is 55.1 Å². The Morgan fingerprint density at radius 2 is 1.53 bits per heavy atom. The predicted octanol–water partition coefficient (Wildman–Crippen LogP) is 10.1. The van der Waals surface area contributed by atoms with Gasteiger partial charge in [0.2, 0.25) is 0 Å². The topological polar surface area (TPSA) is 43.4 Å². The maximum absolute atomic E-state index is 12.7. The molecule has 0 amide bonds. The van der Waals surface area contributed by atoms with Gasteiger partial charge in [0, 0.05) is 5.41 Å². The van der Waals surface area contributed by atoms with Crippen LogP contribution in [0.15, 0.2) is 42.5 Å². The van der Waals surface area contributed by atoms with Crippen LogP contribution in [-0.4, -0.2) is 17.9 Å². The lowest BCUT2D eigenvalue weighted by Crippen LogP contribution is -2.63. The molecule has 3 heteroatoms. The highest BCUT2D eigenvalue weighted by molar-refractivity contribution is 5.90. The molecule has 0 N–H and O–H groups in total. The molecule has 234 valence electrons. The van der Waals surface area contributed by atoms with Crippen LogP contribution in [-0.2, 0) is 9.53 Å². The Labute approximate surface area is 261 Å². The van der Waals surface area contributed by atoms with Crippen LogP contribution in [0, 0.1) is 57.2 Å². The molecule has 5 aliphatic rings. The lowest BCUT2D eigenvalue weighted by Gasteiger charge is -2.69. The van der Waals surface area contributed by atoms with Crippen LogP contribution in [0.25, 0.3) is 5.57 Å². The number of hydrogen-bond donors (Lipinski definition) is 0. The van der Waals surface area contributed by atoms with Gasteiger partial charge in [0.15, 0.2) is 0 Å². The molecule has 4 fully saturated rings. The lowest BCUT2D eigenvalue weighted by molar-refractivity contribution is -0.200. The fourth-order valence-electron chi connectivity index (χ4n) is 11.9. The normalized spacial score (nSPS) is 41.5. The highest BCUT2D eigenvalue weighted by atomic mass is 16.6. The molecule has 4 saturated carbocycles. The van der Waals surface area contributed by atoms with Crippen molar-refractivity contribution in [2.75, 3.05) is 0 Å². The van der Waals surface area contributed by atoms with E-state index in [4.69, 9.17) is 4.74 Å². The van der Waals surface area contributed by atoms with Crippen molar-refractivity contribution >= 4 is 17.8 Å². The molecular weight excluding hydrogens is 528 g/mol. The SMILES string of the molecule is C=C(C)C1CCC2(C=O)CCC3(C)C(CCC4C5CC=C(c6ccc(C(=O)OC(C)(C)C)cc6)C(C)(C)C5CCC43C)C12. The van der Waals surface area contributed by atoms with E-state index in [0.717, 1.165) is 31.6 Å². The first-order valence-corrected chi connectivity index (χ1v) is 17.2. The molecule has 43 heavy (non-hydrogen) atoms. The van der Waals surface area contributed by atoms with Crippen LogP contribution < -0.4 is 0 Å². The smallest absolute Gasteiger partial charge is 0.338 e. The van der Waals surface area contributed by atoms with Crippen LogP contribution in [0.5, 0.6) is 0 Å². The van der Waals surface area contributed by atoms with Gasteiger partial charge in [-0.1, -0.05) is 58.1 Å². The van der Waals surface area contributed by atoms with Crippen molar-refractivity contribution in [2.45, 2.75) is 119 Å². The van der Waals surface area contributed by atoms with Gasteiger partial charge in [-0.3, -0.25) is 0 Å². The van der Waals surface area contributed by atoms with E-state index >= 15 is 0 Å². The first-order chi connectivity index (χ1) is 20.1. The summed E-state index contributed by atoms with van der Waals surface area (Å²) in [5.41, 5.74) is 4.66. The molecule has 5 aliphatic carbocycles. The van der Waals surface area contributed by atoms with Crippen LogP contribution >= 0.6 is 0 Å². The van der Waals surface area contributed by atoms with Crippen molar-refractivity contribution in [3.05, 3.63) is 53.6 Å². The Kier molecular flexibility index (Phi) is 7.30. The Bertz CT molecular complexity index is 1330. The van der Waals surface area contributed by atoms with Crippen molar-refractivity contribution in [3.8, 4) is 0 Å². The summed E-state index contributed by atoms with van der Waals surface area (Å²) in [4.78, 5) is 25.4. The summed E-state index contributed by atoms with van der Waals surface area (Å²) in [6.45, 7) is 22.6. The van der Waals surface area contributed by atoms with Crippen LogP contribution in [0.4, 0.5) is 0 Å². The van der Waals surface area contributed by atoms with E-state index < -0.39 is 5.60 Å². The first kappa shape index (κ1) is 30.8. The van der Waals surface area contributed by atoms with Crippen molar-refractivity contribution in [1.82, 2.24) is 0 Å². The number of ether oxygens (including phenoxy) is 1. The van der Waals surface area contributed by atoms with Gasteiger partial charge in [-0.25, -0.2) is 4.79 Å². The zero-order valence-corrected chi connectivity index (χ0v) is 28.2. The van der Waals surface area contributed by atoms with Gasteiger partial charge in [0.1, 0.15) is 11.9 Å². The maximum Gasteiger partial charge on any atom is 0.338 e. The van der Waals surface area contributed by atoms with Crippen molar-refractivity contribution in [1.29, 1.82) is 0 Å². The van der Waals surface area contributed by atoms with Gasteiger partial charge in [0.05, 0.1) is 5.56 Å². The summed E-state index contributed by atoms with van der Waals surface area (Å²) in [6.07, 6.45) is 14.7. The fourth-order valence-corrected chi connectivity index (χ4v) is 11.9. The number of rotatable bonds is 4. The van der Waals surface area contributed by atoms with Crippen LogP contribution in [0.3, 0.4) is 0 Å². The van der Waals surface area contributed by atoms with Gasteiger partial charge >= 0.3 is 5.97 Å². The number of carbonyl (C=O) groups excluding carboxylic acids is 2. The van der Waals surface area contributed by atoms with E-state index in [9.17, 15) is 9.59 Å². The zero-order valence-electron chi connectivity index (χ0n) is 28.2. The summed E-state index contributed by atoms with van der Waals surface area (Å²) in [5, 5.41) is 0. The predicted molar refractivity (Wildman–Crippen MR) is 175 cm³/mol. The Balaban J connectivity index is 1.28. The third kappa shape index (κ3) is 4.56. The third-order valence-electron chi connectivity index (χ3n) is 14.2. The first-order valence-electron chi connectivity index (χ1n) is 17.2. The van der Waals surface area contributed by atoms with Gasteiger partial charge in [-0.05, 0) is 161 Å². The number of fused-ring (bicyclic) bond motifs is 7. The molecule has 0 aliphatic heterocycles. The number of esters is 1. The molecule has 0 saturated heterocycles. The Morgan fingerprint density at radius 3 is 2.16 bits per heavy atom. The van der Waals surface area contributed by atoms with Crippen molar-refractivity contribution in [3.63, 3.8) is 0 Å². The summed E-state index contributed by atoms with van der Waals surface area (Å²) in [5.74, 6) is 3.44. The molecule has 3 nitrogen and oxygen atoms in total. The maximum atomic E-state index is 12.7. The molecule has 9 atom stereocenters. The minimum absolute atomic E-state index is 0.0746. The monoisotopic (exact) mass is 584 g/mol. The molecule has 0 radical (unpaired) electrons. The lowest BCUT2D eigenvalue weighted by atomic mass is 9.35. The zero-order chi connectivity index (χ0) is 31.2. The van der Waals surface area contributed by atoms with E-state index in [1.54, 1.807) is 0 Å². The molecule has 9 unspecified atom stereocenters. The second kappa shape index (κ2) is 10.2. The Hall–Kier alpha value is -2.16. The summed E-state index contributed by atoms with van der Waals surface area (Å²) in [6, 6.07) is 8.15. The highest BCUT2D eigenvalue weighted by Crippen LogP contribution is 2.75. The number of allylic oxidation sites excluding steroid dienone is 3. The number of carbonyl (C=O) groups is 2. The fraction of sp³-hybridized carbons (Fsp3) is 0.700. The molecular formula is C40H56O3. The van der Waals surface area contributed by atoms with Crippen LogP contribution in [0.2, 0.25) is 0 Å². The van der Waals surface area contributed by atoms with E-state index in [-0.39, 0.29) is 22.2 Å². The highest BCUT2D eigenvalue weighted by Gasteiger charge is 2.68. The molecule has 6 rings (SSSR count). The molecule has 0 spiro atoms.